The van der Waals surface area contributed by atoms with E-state index in [-0.39, 0.29) is 12.8 Å². The summed E-state index contributed by atoms with van der Waals surface area (Å²) in [6, 6.07) is 0. The fraction of sp³-hybridized carbons (Fsp3) is 0.860. The van der Waals surface area contributed by atoms with Crippen molar-refractivity contribution in [2.45, 2.75) is 219 Å². The molecule has 0 spiro atoms. The van der Waals surface area contributed by atoms with Crippen LogP contribution in [0.25, 0.3) is 0 Å². The van der Waals surface area contributed by atoms with Crippen molar-refractivity contribution in [2.24, 2.45) is 0 Å². The Bertz CT molecular complexity index is 761. The molecule has 6 nitrogen and oxygen atoms in total. The standard InChI is InChI=1S/C39H72O5.C4H10O/c1-3-5-7-9-11-13-15-17-19-21-23-25-27-29-31-33-36(41)38(43)39(44,35-40)37(42)34-32-30-28-26-24-22-20-18-16-14-12-10-8-6-4-2;1-3-5-4-2/h17-20,38,40,43-44H,3-16,21-35H2,1-2H3;3-4H2,1-2H3. The number of ether oxygens (including phenoxy) is 1. The lowest BCUT2D eigenvalue weighted by Gasteiger charge is -2.29. The lowest BCUT2D eigenvalue weighted by molar-refractivity contribution is -0.165. The van der Waals surface area contributed by atoms with Crippen molar-refractivity contribution in [3.05, 3.63) is 24.3 Å². The molecule has 49 heavy (non-hydrogen) atoms. The van der Waals surface area contributed by atoms with Gasteiger partial charge in [-0.3, -0.25) is 9.59 Å². The van der Waals surface area contributed by atoms with Gasteiger partial charge in [-0.05, 0) is 78.1 Å². The molecule has 0 saturated carbocycles. The van der Waals surface area contributed by atoms with Crippen LogP contribution in [0.4, 0.5) is 0 Å². The van der Waals surface area contributed by atoms with E-state index in [2.05, 4.69) is 38.2 Å². The van der Waals surface area contributed by atoms with E-state index in [1.165, 1.54) is 89.9 Å². The molecule has 0 aliphatic rings. The molecule has 0 aromatic rings. The van der Waals surface area contributed by atoms with E-state index >= 15 is 0 Å². The van der Waals surface area contributed by atoms with Crippen LogP contribution < -0.4 is 0 Å². The zero-order valence-corrected chi connectivity index (χ0v) is 32.9. The highest BCUT2D eigenvalue weighted by Crippen LogP contribution is 2.20. The Morgan fingerprint density at radius 2 is 0.857 bits per heavy atom. The Morgan fingerprint density at radius 3 is 1.18 bits per heavy atom. The first kappa shape index (κ1) is 49.8. The van der Waals surface area contributed by atoms with E-state index in [1.54, 1.807) is 0 Å². The third-order valence-electron chi connectivity index (χ3n) is 9.24. The number of Topliss-reactive ketones (excluding diaryl/α,β-unsaturated/α-hetero) is 2. The van der Waals surface area contributed by atoms with E-state index in [9.17, 15) is 24.9 Å². The molecule has 0 rings (SSSR count). The van der Waals surface area contributed by atoms with Gasteiger partial charge in [0.2, 0.25) is 0 Å². The topological polar surface area (TPSA) is 104 Å². The number of hydrogen-bond donors (Lipinski definition) is 3. The van der Waals surface area contributed by atoms with Crippen molar-refractivity contribution in [1.29, 1.82) is 0 Å². The number of allylic oxidation sites excluding steroid dienone is 4. The second kappa shape index (κ2) is 39.4. The zero-order chi connectivity index (χ0) is 36.7. The summed E-state index contributed by atoms with van der Waals surface area (Å²) in [6.07, 6.45) is 37.4. The molecular weight excluding hydrogens is 612 g/mol. The molecule has 3 N–H and O–H groups in total. The third kappa shape index (κ3) is 32.3. The summed E-state index contributed by atoms with van der Waals surface area (Å²) in [7, 11) is 0. The van der Waals surface area contributed by atoms with Gasteiger partial charge in [0, 0.05) is 26.1 Å². The molecule has 0 aromatic carbocycles. The van der Waals surface area contributed by atoms with Gasteiger partial charge in [0.1, 0.15) is 0 Å². The molecule has 0 heterocycles. The average Bonchev–Trinajstić information content (AvgIpc) is 3.11. The lowest BCUT2D eigenvalue weighted by Crippen LogP contribution is -2.55. The first-order valence-electron chi connectivity index (χ1n) is 20.8. The Labute approximate surface area is 304 Å². The monoisotopic (exact) mass is 695 g/mol. The van der Waals surface area contributed by atoms with Crippen LogP contribution in [0, 0.1) is 0 Å². The van der Waals surface area contributed by atoms with Crippen LogP contribution in [0.5, 0.6) is 0 Å². The molecule has 6 heteroatoms. The maximum absolute atomic E-state index is 12.7. The largest absolute Gasteiger partial charge is 0.393 e. The minimum atomic E-state index is -2.39. The highest BCUT2D eigenvalue weighted by molar-refractivity contribution is 5.96. The molecule has 0 aromatic heterocycles. The van der Waals surface area contributed by atoms with Crippen molar-refractivity contribution in [1.82, 2.24) is 0 Å². The van der Waals surface area contributed by atoms with Crippen LogP contribution in [-0.2, 0) is 14.3 Å². The number of rotatable bonds is 36. The summed E-state index contributed by atoms with van der Waals surface area (Å²) in [4.78, 5) is 25.2. The molecule has 0 aliphatic heterocycles. The maximum Gasteiger partial charge on any atom is 0.178 e. The van der Waals surface area contributed by atoms with Gasteiger partial charge < -0.3 is 20.1 Å². The second-order valence-electron chi connectivity index (χ2n) is 13.8. The van der Waals surface area contributed by atoms with E-state index < -0.39 is 29.9 Å². The zero-order valence-electron chi connectivity index (χ0n) is 32.9. The highest BCUT2D eigenvalue weighted by Gasteiger charge is 2.45. The van der Waals surface area contributed by atoms with Gasteiger partial charge in [-0.2, -0.15) is 0 Å². The van der Waals surface area contributed by atoms with Gasteiger partial charge in [0.15, 0.2) is 23.3 Å². The molecule has 2 unspecified atom stereocenters. The van der Waals surface area contributed by atoms with Gasteiger partial charge in [0.05, 0.1) is 6.61 Å². The molecule has 0 amide bonds. The van der Waals surface area contributed by atoms with Crippen LogP contribution in [0.2, 0.25) is 0 Å². The van der Waals surface area contributed by atoms with Gasteiger partial charge in [-0.25, -0.2) is 0 Å². The molecule has 0 saturated heterocycles. The van der Waals surface area contributed by atoms with Gasteiger partial charge >= 0.3 is 0 Å². The van der Waals surface area contributed by atoms with Crippen molar-refractivity contribution >= 4 is 11.6 Å². The van der Waals surface area contributed by atoms with Crippen molar-refractivity contribution < 1.29 is 29.6 Å². The number of hydrogen-bond acceptors (Lipinski definition) is 6. The summed E-state index contributed by atoms with van der Waals surface area (Å²) in [5, 5.41) is 30.8. The Balaban J connectivity index is 0. The molecule has 0 radical (unpaired) electrons. The number of unbranched alkanes of at least 4 members (excludes halogenated alkanes) is 22. The Hall–Kier alpha value is -1.34. The van der Waals surface area contributed by atoms with Crippen LogP contribution >= 0.6 is 0 Å². The predicted molar refractivity (Wildman–Crippen MR) is 209 cm³/mol. The summed E-state index contributed by atoms with van der Waals surface area (Å²) in [6.45, 7) is 9.22. The van der Waals surface area contributed by atoms with E-state index in [0.717, 1.165) is 77.4 Å². The molecule has 2 atom stereocenters. The van der Waals surface area contributed by atoms with Crippen molar-refractivity contribution in [3.8, 4) is 0 Å². The fourth-order valence-corrected chi connectivity index (χ4v) is 5.88. The van der Waals surface area contributed by atoms with E-state index in [1.807, 2.05) is 13.8 Å². The average molecular weight is 695 g/mol. The summed E-state index contributed by atoms with van der Waals surface area (Å²) < 4.78 is 4.83. The molecule has 290 valence electrons. The van der Waals surface area contributed by atoms with Gasteiger partial charge in [0.25, 0.3) is 0 Å². The lowest BCUT2D eigenvalue weighted by atomic mass is 9.85. The van der Waals surface area contributed by atoms with Gasteiger partial charge in [-0.1, -0.05) is 141 Å². The smallest absolute Gasteiger partial charge is 0.178 e. The normalized spacial score (nSPS) is 13.4. The van der Waals surface area contributed by atoms with E-state index in [4.69, 9.17) is 4.74 Å². The molecule has 0 bridgehead atoms. The van der Waals surface area contributed by atoms with E-state index in [0.29, 0.717) is 12.8 Å². The molecular formula is C43H82O6. The number of carbonyl (C=O) groups excluding carboxylic acids is 2. The quantitative estimate of drug-likeness (QED) is 0.0445. The van der Waals surface area contributed by atoms with Gasteiger partial charge in [-0.15, -0.1) is 0 Å². The minimum Gasteiger partial charge on any atom is -0.393 e. The number of carbonyl (C=O) groups is 2. The Morgan fingerprint density at radius 1 is 0.531 bits per heavy atom. The number of ketones is 2. The first-order chi connectivity index (χ1) is 23.8. The molecule has 0 aliphatic carbocycles. The second-order valence-corrected chi connectivity index (χ2v) is 13.8. The Kier molecular flexibility index (Phi) is 40.1. The summed E-state index contributed by atoms with van der Waals surface area (Å²) >= 11 is 0. The van der Waals surface area contributed by atoms with Crippen LogP contribution in [-0.4, -0.2) is 58.4 Å². The maximum atomic E-state index is 12.7. The van der Waals surface area contributed by atoms with Crippen molar-refractivity contribution in [3.63, 3.8) is 0 Å². The van der Waals surface area contributed by atoms with Crippen molar-refractivity contribution in [2.75, 3.05) is 19.8 Å². The first-order valence-corrected chi connectivity index (χ1v) is 20.8. The SMILES string of the molecule is CCCCCCCCC=CCCCCCCCC(=O)C(O)C(O)(CO)C(=O)CCCCCCCC=CCCCCCCCC.CCOCC. The van der Waals surface area contributed by atoms with Crippen LogP contribution in [0.3, 0.4) is 0 Å². The summed E-state index contributed by atoms with van der Waals surface area (Å²) in [5.74, 6) is -1.19. The fourth-order valence-electron chi connectivity index (χ4n) is 5.88. The molecule has 0 fully saturated rings. The number of aliphatic hydroxyl groups excluding tert-OH is 2. The minimum absolute atomic E-state index is 0.0625. The highest BCUT2D eigenvalue weighted by atomic mass is 16.5. The summed E-state index contributed by atoms with van der Waals surface area (Å²) in [5.41, 5.74) is -2.39. The number of aliphatic hydroxyl groups is 3. The van der Waals surface area contributed by atoms with Crippen LogP contribution in [0.1, 0.15) is 207 Å². The predicted octanol–water partition coefficient (Wildman–Crippen LogP) is 11.3. The van der Waals surface area contributed by atoms with Crippen LogP contribution in [0.15, 0.2) is 24.3 Å². The third-order valence-corrected chi connectivity index (χ3v) is 9.24.